The standard InChI is InChI=1S/C20H16F2N2O3S/c21-16-7-11-18(12-8-16)28(26,27)24-17-9-5-14(6-10-17)20(25)23-13-15-3-1-2-4-19(15)22/h1-12,24H,13H2,(H,23,25). The SMILES string of the molecule is O=C(NCc1ccccc1F)c1ccc(NS(=O)(=O)c2ccc(F)cc2)cc1. The predicted octanol–water partition coefficient (Wildman–Crippen LogP) is 3.70. The third-order valence-electron chi connectivity index (χ3n) is 3.92. The average molecular weight is 402 g/mol. The Kier molecular flexibility index (Phi) is 5.70. The largest absolute Gasteiger partial charge is 0.348 e. The summed E-state index contributed by atoms with van der Waals surface area (Å²) < 4.78 is 53.4. The molecule has 0 aliphatic rings. The Labute approximate surface area is 161 Å². The molecule has 0 fully saturated rings. The summed E-state index contributed by atoms with van der Waals surface area (Å²) in [5.41, 5.74) is 0.899. The van der Waals surface area contributed by atoms with E-state index in [0.29, 0.717) is 11.1 Å². The number of carbonyl (C=O) groups excluding carboxylic acids is 1. The van der Waals surface area contributed by atoms with Crippen LogP contribution in [-0.4, -0.2) is 14.3 Å². The van der Waals surface area contributed by atoms with Crippen molar-refractivity contribution in [2.24, 2.45) is 0 Å². The summed E-state index contributed by atoms with van der Waals surface area (Å²) in [6.45, 7) is 0.0322. The molecule has 0 radical (unpaired) electrons. The smallest absolute Gasteiger partial charge is 0.261 e. The molecule has 0 aliphatic carbocycles. The Morgan fingerprint density at radius 3 is 2.14 bits per heavy atom. The van der Waals surface area contributed by atoms with E-state index >= 15 is 0 Å². The van der Waals surface area contributed by atoms with Gasteiger partial charge in [0.2, 0.25) is 0 Å². The van der Waals surface area contributed by atoms with Crippen LogP contribution in [0.25, 0.3) is 0 Å². The lowest BCUT2D eigenvalue weighted by molar-refractivity contribution is 0.0950. The van der Waals surface area contributed by atoms with Gasteiger partial charge in [0.05, 0.1) is 4.90 Å². The van der Waals surface area contributed by atoms with Crippen molar-refractivity contribution in [3.05, 3.63) is 95.6 Å². The number of rotatable bonds is 6. The number of carbonyl (C=O) groups is 1. The number of hydrogen-bond donors (Lipinski definition) is 2. The molecule has 0 saturated heterocycles. The summed E-state index contributed by atoms with van der Waals surface area (Å²) in [5.74, 6) is -1.37. The van der Waals surface area contributed by atoms with Gasteiger partial charge in [0, 0.05) is 23.4 Å². The first kappa shape index (κ1) is 19.5. The van der Waals surface area contributed by atoms with Gasteiger partial charge < -0.3 is 5.32 Å². The molecule has 8 heteroatoms. The van der Waals surface area contributed by atoms with Crippen molar-refractivity contribution in [1.29, 1.82) is 0 Å². The van der Waals surface area contributed by atoms with Gasteiger partial charge in [0.1, 0.15) is 11.6 Å². The van der Waals surface area contributed by atoms with Crippen LogP contribution in [-0.2, 0) is 16.6 Å². The number of anilines is 1. The molecule has 28 heavy (non-hydrogen) atoms. The van der Waals surface area contributed by atoms with Gasteiger partial charge in [-0.05, 0) is 54.6 Å². The van der Waals surface area contributed by atoms with E-state index in [1.165, 1.54) is 30.3 Å². The first-order valence-corrected chi connectivity index (χ1v) is 9.73. The summed E-state index contributed by atoms with van der Waals surface area (Å²) in [4.78, 5) is 12.1. The van der Waals surface area contributed by atoms with Crippen molar-refractivity contribution in [3.63, 3.8) is 0 Å². The van der Waals surface area contributed by atoms with Crippen LogP contribution in [0.1, 0.15) is 15.9 Å². The molecule has 0 unspecified atom stereocenters. The molecule has 0 atom stereocenters. The number of benzene rings is 3. The van der Waals surface area contributed by atoms with Crippen molar-refractivity contribution >= 4 is 21.6 Å². The highest BCUT2D eigenvalue weighted by molar-refractivity contribution is 7.92. The fraction of sp³-hybridized carbons (Fsp3) is 0.0500. The number of sulfonamides is 1. The highest BCUT2D eigenvalue weighted by Gasteiger charge is 2.14. The van der Waals surface area contributed by atoms with Crippen molar-refractivity contribution in [3.8, 4) is 0 Å². The van der Waals surface area contributed by atoms with Gasteiger partial charge in [-0.3, -0.25) is 9.52 Å². The molecule has 5 nitrogen and oxygen atoms in total. The summed E-state index contributed by atoms with van der Waals surface area (Å²) >= 11 is 0. The summed E-state index contributed by atoms with van der Waals surface area (Å²) in [6.07, 6.45) is 0. The molecule has 144 valence electrons. The summed E-state index contributed by atoms with van der Waals surface area (Å²) in [6, 6.07) is 16.3. The van der Waals surface area contributed by atoms with E-state index in [0.717, 1.165) is 24.3 Å². The maximum Gasteiger partial charge on any atom is 0.261 e. The highest BCUT2D eigenvalue weighted by atomic mass is 32.2. The van der Waals surface area contributed by atoms with Gasteiger partial charge in [-0.2, -0.15) is 0 Å². The zero-order valence-electron chi connectivity index (χ0n) is 14.5. The minimum absolute atomic E-state index is 0.0322. The van der Waals surface area contributed by atoms with Gasteiger partial charge in [-0.15, -0.1) is 0 Å². The van der Waals surface area contributed by atoms with Crippen LogP contribution < -0.4 is 10.0 Å². The summed E-state index contributed by atoms with van der Waals surface area (Å²) in [5, 5.41) is 2.60. The van der Waals surface area contributed by atoms with Crippen LogP contribution in [0.4, 0.5) is 14.5 Å². The maximum atomic E-state index is 13.6. The van der Waals surface area contributed by atoms with E-state index in [9.17, 15) is 22.0 Å². The number of amides is 1. The molecule has 3 aromatic rings. The molecular formula is C20H16F2N2O3S. The molecule has 0 spiro atoms. The fourth-order valence-electron chi connectivity index (χ4n) is 2.44. The van der Waals surface area contributed by atoms with Gasteiger partial charge >= 0.3 is 0 Å². The monoisotopic (exact) mass is 402 g/mol. The second kappa shape index (κ2) is 8.18. The van der Waals surface area contributed by atoms with Crippen LogP contribution >= 0.6 is 0 Å². The second-order valence-electron chi connectivity index (χ2n) is 5.91. The third-order valence-corrected chi connectivity index (χ3v) is 5.32. The lowest BCUT2D eigenvalue weighted by atomic mass is 10.1. The van der Waals surface area contributed by atoms with Gasteiger partial charge in [0.25, 0.3) is 15.9 Å². The number of hydrogen-bond acceptors (Lipinski definition) is 3. The molecular weight excluding hydrogens is 386 g/mol. The Morgan fingerprint density at radius 2 is 1.50 bits per heavy atom. The van der Waals surface area contributed by atoms with Crippen molar-refractivity contribution in [2.45, 2.75) is 11.4 Å². The van der Waals surface area contributed by atoms with E-state index in [2.05, 4.69) is 10.0 Å². The predicted molar refractivity (Wildman–Crippen MR) is 101 cm³/mol. The van der Waals surface area contributed by atoms with Gasteiger partial charge in [0.15, 0.2) is 0 Å². The van der Waals surface area contributed by atoms with E-state index in [-0.39, 0.29) is 17.1 Å². The van der Waals surface area contributed by atoms with Crippen molar-refractivity contribution in [2.75, 3.05) is 4.72 Å². The van der Waals surface area contributed by atoms with Crippen molar-refractivity contribution < 1.29 is 22.0 Å². The van der Waals surface area contributed by atoms with E-state index in [1.54, 1.807) is 18.2 Å². The molecule has 0 aliphatic heterocycles. The molecule has 0 bridgehead atoms. The fourth-order valence-corrected chi connectivity index (χ4v) is 3.50. The Morgan fingerprint density at radius 1 is 0.857 bits per heavy atom. The van der Waals surface area contributed by atoms with E-state index in [4.69, 9.17) is 0 Å². The normalized spacial score (nSPS) is 11.1. The average Bonchev–Trinajstić information content (AvgIpc) is 2.68. The lowest BCUT2D eigenvalue weighted by Gasteiger charge is -2.09. The molecule has 3 aromatic carbocycles. The van der Waals surface area contributed by atoms with Crippen LogP contribution in [0.5, 0.6) is 0 Å². The molecule has 0 aromatic heterocycles. The van der Waals surface area contributed by atoms with Gasteiger partial charge in [-0.1, -0.05) is 18.2 Å². The molecule has 1 amide bonds. The van der Waals surface area contributed by atoms with Crippen LogP contribution in [0.15, 0.2) is 77.7 Å². The minimum Gasteiger partial charge on any atom is -0.348 e. The lowest BCUT2D eigenvalue weighted by Crippen LogP contribution is -2.23. The topological polar surface area (TPSA) is 75.3 Å². The van der Waals surface area contributed by atoms with E-state index < -0.39 is 27.6 Å². The van der Waals surface area contributed by atoms with Crippen LogP contribution in [0.3, 0.4) is 0 Å². The quantitative estimate of drug-likeness (QED) is 0.660. The summed E-state index contributed by atoms with van der Waals surface area (Å²) in [7, 11) is -3.87. The first-order valence-electron chi connectivity index (χ1n) is 8.25. The van der Waals surface area contributed by atoms with Crippen LogP contribution in [0, 0.1) is 11.6 Å². The third kappa shape index (κ3) is 4.72. The first-order chi connectivity index (χ1) is 13.3. The maximum absolute atomic E-state index is 13.6. The zero-order chi connectivity index (χ0) is 20.1. The zero-order valence-corrected chi connectivity index (χ0v) is 15.3. The molecule has 3 rings (SSSR count). The minimum atomic E-state index is -3.87. The second-order valence-corrected chi connectivity index (χ2v) is 7.59. The molecule has 2 N–H and O–H groups in total. The molecule has 0 heterocycles. The Bertz CT molecular complexity index is 1080. The Balaban J connectivity index is 1.65. The van der Waals surface area contributed by atoms with Crippen molar-refractivity contribution in [1.82, 2.24) is 5.32 Å². The number of halogens is 2. The van der Waals surface area contributed by atoms with Gasteiger partial charge in [-0.25, -0.2) is 17.2 Å². The van der Waals surface area contributed by atoms with E-state index in [1.807, 2.05) is 0 Å². The molecule has 0 saturated carbocycles. The Hall–Kier alpha value is -3.26. The number of nitrogens with one attached hydrogen (secondary N) is 2. The van der Waals surface area contributed by atoms with Crippen LogP contribution in [0.2, 0.25) is 0 Å². The highest BCUT2D eigenvalue weighted by Crippen LogP contribution is 2.17.